The number of carbonyl (C=O) groups is 2. The van der Waals surface area contributed by atoms with Crippen LogP contribution in [0.4, 0.5) is 5.69 Å². The van der Waals surface area contributed by atoms with Crippen LogP contribution in [0.3, 0.4) is 0 Å². The van der Waals surface area contributed by atoms with Crippen molar-refractivity contribution in [2.75, 3.05) is 30.8 Å². The van der Waals surface area contributed by atoms with Gasteiger partial charge in [0.15, 0.2) is 0 Å². The molecule has 0 fully saturated rings. The summed E-state index contributed by atoms with van der Waals surface area (Å²) in [6.45, 7) is 6.11. The molecule has 0 unspecified atom stereocenters. The summed E-state index contributed by atoms with van der Waals surface area (Å²) in [6.07, 6.45) is 3.87. The summed E-state index contributed by atoms with van der Waals surface area (Å²) in [4.78, 5) is 28.3. The van der Waals surface area contributed by atoms with E-state index in [1.54, 1.807) is 31.4 Å². The van der Waals surface area contributed by atoms with Crippen molar-refractivity contribution in [2.45, 2.75) is 59.0 Å². The minimum absolute atomic E-state index is 0.162. The highest BCUT2D eigenvalue weighted by Crippen LogP contribution is 2.24. The molecule has 0 aliphatic rings. The van der Waals surface area contributed by atoms with Crippen molar-refractivity contribution in [2.24, 2.45) is 0 Å². The number of methoxy groups -OCH3 is 1. The molecule has 2 amide bonds. The average molecular weight is 518 g/mol. The Labute approximate surface area is 215 Å². The maximum absolute atomic E-state index is 13.8. The molecule has 2 aromatic rings. The third kappa shape index (κ3) is 7.98. The molecule has 0 aliphatic carbocycles. The lowest BCUT2D eigenvalue weighted by Gasteiger charge is -2.33. The van der Waals surface area contributed by atoms with Crippen LogP contribution in [0.2, 0.25) is 0 Å². The number of aryl methyl sites for hydroxylation is 1. The van der Waals surface area contributed by atoms with Crippen LogP contribution in [0.5, 0.6) is 5.75 Å². The highest BCUT2D eigenvalue weighted by molar-refractivity contribution is 7.92. The zero-order valence-corrected chi connectivity index (χ0v) is 22.8. The molecule has 8 nitrogen and oxygen atoms in total. The first-order valence-corrected chi connectivity index (χ1v) is 14.3. The van der Waals surface area contributed by atoms with Crippen LogP contribution in [0.1, 0.15) is 51.2 Å². The number of nitrogens with one attached hydrogen (secondary N) is 1. The molecule has 0 aliphatic heterocycles. The fraction of sp³-hybridized carbons (Fsp3) is 0.481. The highest BCUT2D eigenvalue weighted by Gasteiger charge is 2.32. The van der Waals surface area contributed by atoms with Gasteiger partial charge >= 0.3 is 0 Å². The molecule has 1 atom stereocenters. The van der Waals surface area contributed by atoms with E-state index in [-0.39, 0.29) is 12.5 Å². The van der Waals surface area contributed by atoms with Gasteiger partial charge < -0.3 is 15.0 Å². The van der Waals surface area contributed by atoms with Gasteiger partial charge in [-0.2, -0.15) is 0 Å². The van der Waals surface area contributed by atoms with Crippen LogP contribution in [0, 0.1) is 0 Å². The Balaban J connectivity index is 2.43. The van der Waals surface area contributed by atoms with Gasteiger partial charge in [0.1, 0.15) is 18.3 Å². The molecule has 0 bridgehead atoms. The Kier molecular flexibility index (Phi) is 11.2. The van der Waals surface area contributed by atoms with E-state index < -0.39 is 28.5 Å². The zero-order chi connectivity index (χ0) is 26.7. The molecule has 0 saturated carbocycles. The van der Waals surface area contributed by atoms with E-state index in [4.69, 9.17) is 4.74 Å². The van der Waals surface area contributed by atoms with Crippen LogP contribution in [0.15, 0.2) is 48.5 Å². The van der Waals surface area contributed by atoms with Crippen molar-refractivity contribution in [3.05, 3.63) is 59.7 Å². The van der Waals surface area contributed by atoms with Crippen LogP contribution in [0.25, 0.3) is 0 Å². The standard InChI is InChI=1S/C27H39N3O5S/c1-6-9-18-28-27(32)24(8-3)29(19-21-14-16-23(35-4)17-15-21)26(31)20-30(36(5,33)34)25-13-11-10-12-22(25)7-2/h10-17,24H,6-9,18-20H2,1-5H3,(H,28,32)/t24-/m1/s1. The third-order valence-electron chi connectivity index (χ3n) is 6.05. The summed E-state index contributed by atoms with van der Waals surface area (Å²) in [6, 6.07) is 13.7. The Morgan fingerprint density at radius 3 is 2.25 bits per heavy atom. The van der Waals surface area contributed by atoms with E-state index in [1.165, 1.54) is 4.90 Å². The van der Waals surface area contributed by atoms with Crippen molar-refractivity contribution in [1.82, 2.24) is 10.2 Å². The van der Waals surface area contributed by atoms with Crippen molar-refractivity contribution in [3.63, 3.8) is 0 Å². The highest BCUT2D eigenvalue weighted by atomic mass is 32.2. The van der Waals surface area contributed by atoms with E-state index >= 15 is 0 Å². The van der Waals surface area contributed by atoms with Gasteiger partial charge in [0.2, 0.25) is 21.8 Å². The molecule has 36 heavy (non-hydrogen) atoms. The molecule has 0 saturated heterocycles. The van der Waals surface area contributed by atoms with Crippen molar-refractivity contribution in [3.8, 4) is 5.75 Å². The maximum Gasteiger partial charge on any atom is 0.244 e. The number of nitrogens with zero attached hydrogens (tertiary/aromatic N) is 2. The minimum Gasteiger partial charge on any atom is -0.497 e. The number of para-hydroxylation sites is 1. The van der Waals surface area contributed by atoms with E-state index in [0.717, 1.165) is 34.5 Å². The third-order valence-corrected chi connectivity index (χ3v) is 7.17. The van der Waals surface area contributed by atoms with Gasteiger partial charge in [-0.3, -0.25) is 13.9 Å². The molecule has 2 aromatic carbocycles. The number of sulfonamides is 1. The lowest BCUT2D eigenvalue weighted by Crippen LogP contribution is -2.52. The summed E-state index contributed by atoms with van der Waals surface area (Å²) in [7, 11) is -2.19. The fourth-order valence-electron chi connectivity index (χ4n) is 4.00. The van der Waals surface area contributed by atoms with Crippen LogP contribution < -0.4 is 14.4 Å². The summed E-state index contributed by atoms with van der Waals surface area (Å²) in [5.74, 6) is -0.00674. The second-order valence-corrected chi connectivity index (χ2v) is 10.6. The Hall–Kier alpha value is -3.07. The first-order chi connectivity index (χ1) is 17.2. The largest absolute Gasteiger partial charge is 0.497 e. The summed E-state index contributed by atoms with van der Waals surface area (Å²) in [5, 5.41) is 2.92. The van der Waals surface area contributed by atoms with E-state index in [1.807, 2.05) is 45.0 Å². The van der Waals surface area contributed by atoms with Crippen molar-refractivity contribution < 1.29 is 22.7 Å². The molecule has 2 rings (SSSR count). The first kappa shape index (κ1) is 29.2. The van der Waals surface area contributed by atoms with Gasteiger partial charge in [-0.15, -0.1) is 0 Å². The van der Waals surface area contributed by atoms with Gasteiger partial charge in [0, 0.05) is 13.1 Å². The molecule has 198 valence electrons. The number of benzene rings is 2. The second-order valence-electron chi connectivity index (χ2n) is 8.69. The first-order valence-electron chi connectivity index (χ1n) is 12.4. The average Bonchev–Trinajstić information content (AvgIpc) is 2.86. The lowest BCUT2D eigenvalue weighted by molar-refractivity contribution is -0.140. The lowest BCUT2D eigenvalue weighted by atomic mass is 10.1. The van der Waals surface area contributed by atoms with Crippen LogP contribution >= 0.6 is 0 Å². The number of hydrogen-bond donors (Lipinski definition) is 1. The van der Waals surface area contributed by atoms with Gasteiger partial charge in [-0.05, 0) is 48.6 Å². The molecule has 1 N–H and O–H groups in total. The Morgan fingerprint density at radius 2 is 1.69 bits per heavy atom. The van der Waals surface area contributed by atoms with Gasteiger partial charge in [-0.25, -0.2) is 8.42 Å². The SMILES string of the molecule is CCCCNC(=O)[C@@H](CC)N(Cc1ccc(OC)cc1)C(=O)CN(c1ccccc1CC)S(C)(=O)=O. The van der Waals surface area contributed by atoms with E-state index in [0.29, 0.717) is 30.8 Å². The topological polar surface area (TPSA) is 96.0 Å². The fourth-order valence-corrected chi connectivity index (χ4v) is 4.88. The number of amides is 2. The van der Waals surface area contributed by atoms with E-state index in [9.17, 15) is 18.0 Å². The normalized spacial score (nSPS) is 12.0. The molecule has 0 spiro atoms. The van der Waals surface area contributed by atoms with Crippen molar-refractivity contribution in [1.29, 1.82) is 0 Å². The van der Waals surface area contributed by atoms with Crippen LogP contribution in [-0.4, -0.2) is 57.6 Å². The van der Waals surface area contributed by atoms with E-state index in [2.05, 4.69) is 5.32 Å². The number of ether oxygens (including phenoxy) is 1. The smallest absolute Gasteiger partial charge is 0.244 e. The number of unbranched alkanes of at least 4 members (excludes halogenated alkanes) is 1. The Bertz CT molecular complexity index is 1100. The number of carbonyl (C=O) groups excluding carboxylic acids is 2. The summed E-state index contributed by atoms with van der Waals surface area (Å²) in [5.41, 5.74) is 2.10. The monoisotopic (exact) mass is 517 g/mol. The molecular weight excluding hydrogens is 478 g/mol. The molecule has 9 heteroatoms. The summed E-state index contributed by atoms with van der Waals surface area (Å²) < 4.78 is 32.0. The molecular formula is C27H39N3O5S. The van der Waals surface area contributed by atoms with Gasteiger partial charge in [0.25, 0.3) is 0 Å². The summed E-state index contributed by atoms with van der Waals surface area (Å²) >= 11 is 0. The van der Waals surface area contributed by atoms with Crippen molar-refractivity contribution >= 4 is 27.5 Å². The molecule has 0 radical (unpaired) electrons. The Morgan fingerprint density at radius 1 is 1.03 bits per heavy atom. The predicted molar refractivity (Wildman–Crippen MR) is 144 cm³/mol. The quantitative estimate of drug-likeness (QED) is 0.385. The van der Waals surface area contributed by atoms with Crippen LogP contribution in [-0.2, 0) is 32.6 Å². The second kappa shape index (κ2) is 13.9. The molecule has 0 heterocycles. The number of anilines is 1. The van der Waals surface area contributed by atoms with Gasteiger partial charge in [-0.1, -0.05) is 57.5 Å². The minimum atomic E-state index is -3.76. The number of rotatable bonds is 14. The zero-order valence-electron chi connectivity index (χ0n) is 22.0. The van der Waals surface area contributed by atoms with Gasteiger partial charge in [0.05, 0.1) is 19.1 Å². The maximum atomic E-state index is 13.8. The molecule has 0 aromatic heterocycles. The number of hydrogen-bond acceptors (Lipinski definition) is 5. The predicted octanol–water partition coefficient (Wildman–Crippen LogP) is 3.75.